The van der Waals surface area contributed by atoms with Crippen molar-refractivity contribution in [3.63, 3.8) is 0 Å². The second kappa shape index (κ2) is 7.39. The number of nitrogens with zero attached hydrogens (tertiary/aromatic N) is 3. The van der Waals surface area contributed by atoms with Gasteiger partial charge in [0, 0.05) is 24.2 Å². The molecule has 0 saturated carbocycles. The van der Waals surface area contributed by atoms with Crippen molar-refractivity contribution >= 4 is 23.0 Å². The van der Waals surface area contributed by atoms with Gasteiger partial charge < -0.3 is 10.6 Å². The molecule has 1 amide bonds. The maximum atomic E-state index is 12.3. The second-order valence-electron chi connectivity index (χ2n) is 5.35. The van der Waals surface area contributed by atoms with Gasteiger partial charge in [0.05, 0.1) is 23.0 Å². The predicted octanol–water partition coefficient (Wildman–Crippen LogP) is 3.35. The van der Waals surface area contributed by atoms with Gasteiger partial charge in [-0.15, -0.1) is 0 Å². The molecule has 8 nitrogen and oxygen atoms in total. The van der Waals surface area contributed by atoms with Crippen LogP contribution >= 0.6 is 0 Å². The molecule has 1 heterocycles. The first-order valence-corrected chi connectivity index (χ1v) is 7.73. The summed E-state index contributed by atoms with van der Waals surface area (Å²) >= 11 is 0. The zero-order valence-electron chi connectivity index (χ0n) is 13.8. The quantitative estimate of drug-likeness (QED) is 0.540. The molecule has 0 fully saturated rings. The number of carbonyl (C=O) groups is 1. The van der Waals surface area contributed by atoms with Crippen molar-refractivity contribution in [3.8, 4) is 11.4 Å². The van der Waals surface area contributed by atoms with Crippen LogP contribution < -0.4 is 10.6 Å². The number of carbonyl (C=O) groups excluding carboxylic acids is 1. The summed E-state index contributed by atoms with van der Waals surface area (Å²) in [5, 5.41) is 16.5. The van der Waals surface area contributed by atoms with Gasteiger partial charge in [0.2, 0.25) is 0 Å². The van der Waals surface area contributed by atoms with E-state index in [9.17, 15) is 14.9 Å². The molecule has 2 aromatic carbocycles. The standard InChI is InChI=1S/C18H15N5O3/c1-19-15-8-7-13(9-16(15)23(25)26)18(24)22-14-10-20-17(21-11-14)12-5-3-2-4-6-12/h2-11,19H,1H3,(H,22,24). The van der Waals surface area contributed by atoms with Gasteiger partial charge in [0.1, 0.15) is 5.69 Å². The third-order valence-corrected chi connectivity index (χ3v) is 3.67. The van der Waals surface area contributed by atoms with Gasteiger partial charge in [-0.1, -0.05) is 30.3 Å². The van der Waals surface area contributed by atoms with E-state index in [4.69, 9.17) is 0 Å². The number of benzene rings is 2. The normalized spacial score (nSPS) is 10.2. The van der Waals surface area contributed by atoms with Crippen LogP contribution in [0.3, 0.4) is 0 Å². The Balaban J connectivity index is 1.78. The average Bonchev–Trinajstić information content (AvgIpc) is 2.68. The fourth-order valence-corrected chi connectivity index (χ4v) is 2.37. The van der Waals surface area contributed by atoms with Crippen molar-refractivity contribution in [2.45, 2.75) is 0 Å². The molecule has 0 spiro atoms. The van der Waals surface area contributed by atoms with E-state index in [1.54, 1.807) is 7.05 Å². The van der Waals surface area contributed by atoms with Gasteiger partial charge in [-0.05, 0) is 12.1 Å². The summed E-state index contributed by atoms with van der Waals surface area (Å²) in [6, 6.07) is 13.7. The smallest absolute Gasteiger partial charge is 0.293 e. The molecule has 130 valence electrons. The average molecular weight is 349 g/mol. The van der Waals surface area contributed by atoms with Crippen LogP contribution in [-0.2, 0) is 0 Å². The number of nitro benzene ring substituents is 1. The molecule has 3 rings (SSSR count). The molecule has 0 aliphatic carbocycles. The van der Waals surface area contributed by atoms with Crippen LogP contribution in [0.5, 0.6) is 0 Å². The number of nitrogens with one attached hydrogen (secondary N) is 2. The topological polar surface area (TPSA) is 110 Å². The Kier molecular flexibility index (Phi) is 4.84. The van der Waals surface area contributed by atoms with Crippen molar-refractivity contribution in [1.82, 2.24) is 9.97 Å². The van der Waals surface area contributed by atoms with E-state index in [1.807, 2.05) is 30.3 Å². The van der Waals surface area contributed by atoms with E-state index in [-0.39, 0.29) is 11.3 Å². The Morgan fingerprint density at radius 1 is 1.08 bits per heavy atom. The van der Waals surface area contributed by atoms with E-state index in [2.05, 4.69) is 20.6 Å². The first-order chi connectivity index (χ1) is 12.6. The third-order valence-electron chi connectivity index (χ3n) is 3.67. The summed E-state index contributed by atoms with van der Waals surface area (Å²) < 4.78 is 0. The maximum absolute atomic E-state index is 12.3. The molecule has 0 unspecified atom stereocenters. The fraction of sp³-hybridized carbons (Fsp3) is 0.0556. The van der Waals surface area contributed by atoms with Crippen molar-refractivity contribution in [2.75, 3.05) is 17.7 Å². The van der Waals surface area contributed by atoms with Gasteiger partial charge in [0.25, 0.3) is 11.6 Å². The van der Waals surface area contributed by atoms with Crippen molar-refractivity contribution in [3.05, 3.63) is 76.6 Å². The molecule has 0 aliphatic rings. The number of aromatic nitrogens is 2. The lowest BCUT2D eigenvalue weighted by Crippen LogP contribution is -2.13. The maximum Gasteiger partial charge on any atom is 0.293 e. The van der Waals surface area contributed by atoms with Crippen LogP contribution in [0.2, 0.25) is 0 Å². The fourth-order valence-electron chi connectivity index (χ4n) is 2.37. The number of hydrogen-bond acceptors (Lipinski definition) is 6. The van der Waals surface area contributed by atoms with Crippen molar-refractivity contribution < 1.29 is 9.72 Å². The summed E-state index contributed by atoms with van der Waals surface area (Å²) in [7, 11) is 1.58. The van der Waals surface area contributed by atoms with Gasteiger partial charge in [0.15, 0.2) is 5.82 Å². The minimum Gasteiger partial charge on any atom is -0.383 e. The monoisotopic (exact) mass is 349 g/mol. The number of anilines is 2. The Bertz CT molecular complexity index is 943. The van der Waals surface area contributed by atoms with E-state index in [0.29, 0.717) is 17.2 Å². The molecule has 0 atom stereocenters. The first kappa shape index (κ1) is 17.0. The number of hydrogen-bond donors (Lipinski definition) is 2. The second-order valence-corrected chi connectivity index (χ2v) is 5.35. The van der Waals surface area contributed by atoms with Crippen molar-refractivity contribution in [2.24, 2.45) is 0 Å². The summed E-state index contributed by atoms with van der Waals surface area (Å²) in [4.78, 5) is 31.3. The van der Waals surface area contributed by atoms with Crippen LogP contribution in [-0.4, -0.2) is 27.8 Å². The van der Waals surface area contributed by atoms with Crippen LogP contribution in [0, 0.1) is 10.1 Å². The summed E-state index contributed by atoms with van der Waals surface area (Å²) in [6.07, 6.45) is 2.98. The Morgan fingerprint density at radius 3 is 2.38 bits per heavy atom. The molecule has 2 N–H and O–H groups in total. The molecule has 0 radical (unpaired) electrons. The third kappa shape index (κ3) is 3.64. The minimum atomic E-state index is -0.541. The molecule has 0 aliphatic heterocycles. The lowest BCUT2D eigenvalue weighted by Gasteiger charge is -2.07. The zero-order valence-corrected chi connectivity index (χ0v) is 13.8. The predicted molar refractivity (Wildman–Crippen MR) is 98.1 cm³/mol. The van der Waals surface area contributed by atoms with E-state index in [0.717, 1.165) is 5.56 Å². The minimum absolute atomic E-state index is 0.169. The molecule has 8 heteroatoms. The molecular weight excluding hydrogens is 334 g/mol. The van der Waals surface area contributed by atoms with E-state index < -0.39 is 10.8 Å². The molecule has 0 saturated heterocycles. The zero-order chi connectivity index (χ0) is 18.5. The van der Waals surface area contributed by atoms with Gasteiger partial charge in [-0.2, -0.15) is 0 Å². The molecule has 0 bridgehead atoms. The Hall–Kier alpha value is -3.81. The summed E-state index contributed by atoms with van der Waals surface area (Å²) in [5.74, 6) is 0.0597. The number of amides is 1. The highest BCUT2D eigenvalue weighted by atomic mass is 16.6. The van der Waals surface area contributed by atoms with Crippen LogP contribution in [0.15, 0.2) is 60.9 Å². The SMILES string of the molecule is CNc1ccc(C(=O)Nc2cnc(-c3ccccc3)nc2)cc1[N+](=O)[O-]. The number of rotatable bonds is 5. The molecule has 1 aromatic heterocycles. The van der Waals surface area contributed by atoms with Gasteiger partial charge in [-0.25, -0.2) is 9.97 Å². The van der Waals surface area contributed by atoms with E-state index in [1.165, 1.54) is 30.6 Å². The lowest BCUT2D eigenvalue weighted by atomic mass is 10.1. The summed E-state index contributed by atoms with van der Waals surface area (Å²) in [5.41, 5.74) is 1.60. The number of nitro groups is 1. The first-order valence-electron chi connectivity index (χ1n) is 7.73. The highest BCUT2D eigenvalue weighted by Gasteiger charge is 2.17. The van der Waals surface area contributed by atoms with Crippen LogP contribution in [0.4, 0.5) is 17.1 Å². The largest absolute Gasteiger partial charge is 0.383 e. The van der Waals surface area contributed by atoms with Crippen molar-refractivity contribution in [1.29, 1.82) is 0 Å². The van der Waals surface area contributed by atoms with Gasteiger partial charge >= 0.3 is 0 Å². The molecule has 3 aromatic rings. The highest BCUT2D eigenvalue weighted by molar-refractivity contribution is 6.05. The Labute approximate surface area is 149 Å². The highest BCUT2D eigenvalue weighted by Crippen LogP contribution is 2.25. The van der Waals surface area contributed by atoms with E-state index >= 15 is 0 Å². The molecule has 26 heavy (non-hydrogen) atoms. The van der Waals surface area contributed by atoms with Crippen LogP contribution in [0.1, 0.15) is 10.4 Å². The Morgan fingerprint density at radius 2 is 1.77 bits per heavy atom. The van der Waals surface area contributed by atoms with Gasteiger partial charge in [-0.3, -0.25) is 14.9 Å². The lowest BCUT2D eigenvalue weighted by molar-refractivity contribution is -0.384. The summed E-state index contributed by atoms with van der Waals surface area (Å²) in [6.45, 7) is 0. The molecular formula is C18H15N5O3. The van der Waals surface area contributed by atoms with Crippen LogP contribution in [0.25, 0.3) is 11.4 Å².